The lowest BCUT2D eigenvalue weighted by Crippen LogP contribution is -2.27. The van der Waals surface area contributed by atoms with Crippen LogP contribution in [0, 0.1) is 11.6 Å². The Balaban J connectivity index is 1.38. The molecule has 0 fully saturated rings. The van der Waals surface area contributed by atoms with E-state index >= 15 is 8.78 Å². The number of hydrogen-bond donors (Lipinski definition) is 2. The van der Waals surface area contributed by atoms with Gasteiger partial charge in [0, 0.05) is 57.1 Å². The van der Waals surface area contributed by atoms with Gasteiger partial charge in [0.1, 0.15) is 28.7 Å². The van der Waals surface area contributed by atoms with E-state index in [0.29, 0.717) is 29.2 Å². The van der Waals surface area contributed by atoms with E-state index in [1.807, 2.05) is 38.2 Å². The Bertz CT molecular complexity index is 2030. The van der Waals surface area contributed by atoms with Crippen molar-refractivity contribution >= 4 is 26.8 Å². The Morgan fingerprint density at radius 3 is 2.73 bits per heavy atom. The molecule has 7 rings (SSSR count). The summed E-state index contributed by atoms with van der Waals surface area (Å²) in [5.74, 6) is -0.411. The fourth-order valence-corrected chi connectivity index (χ4v) is 6.40. The van der Waals surface area contributed by atoms with E-state index in [4.69, 9.17) is 9.47 Å². The molecule has 0 radical (unpaired) electrons. The largest absolute Gasteiger partial charge is 0.454 e. The topological polar surface area (TPSA) is 93.6 Å². The summed E-state index contributed by atoms with van der Waals surface area (Å²) in [5, 5.41) is 9.54. The van der Waals surface area contributed by atoms with E-state index in [-0.39, 0.29) is 23.6 Å². The summed E-state index contributed by atoms with van der Waals surface area (Å²) < 4.78 is 46.2. The first-order chi connectivity index (χ1) is 21.6. The quantitative estimate of drug-likeness (QED) is 0.183. The third-order valence-electron chi connectivity index (χ3n) is 8.67. The number of nitrogens with one attached hydrogen (secondary N) is 2. The Morgan fingerprint density at radius 1 is 1.02 bits per heavy atom. The molecular weight excluding hydrogens is 642 g/mol. The zero-order valence-electron chi connectivity index (χ0n) is 25.0. The molecule has 1 aliphatic rings. The van der Waals surface area contributed by atoms with Gasteiger partial charge in [0.05, 0.1) is 18.3 Å². The maximum atomic E-state index is 15.7. The van der Waals surface area contributed by atoms with Crippen molar-refractivity contribution in [3.8, 4) is 22.9 Å². The van der Waals surface area contributed by atoms with Crippen LogP contribution in [0.3, 0.4) is 0 Å². The fourth-order valence-electron chi connectivity index (χ4n) is 6.00. The van der Waals surface area contributed by atoms with Crippen LogP contribution < -0.4 is 4.74 Å². The van der Waals surface area contributed by atoms with Gasteiger partial charge in [0.25, 0.3) is 0 Å². The normalized spacial score (nSPS) is 18.4. The second kappa shape index (κ2) is 11.2. The molecule has 6 aromatic rings. The summed E-state index contributed by atoms with van der Waals surface area (Å²) in [5.41, 5.74) is 2.72. The average molecular weight is 674 g/mol. The molecule has 6 bridgehead atoms. The van der Waals surface area contributed by atoms with Crippen LogP contribution in [0.2, 0.25) is 0 Å². The van der Waals surface area contributed by atoms with Crippen molar-refractivity contribution in [1.29, 1.82) is 0 Å². The number of hydrogen-bond acceptors (Lipinski definition) is 5. The minimum atomic E-state index is -0.726. The second-order valence-corrected chi connectivity index (χ2v) is 13.0. The number of rotatable bonds is 1. The minimum absolute atomic E-state index is 0.0208. The zero-order chi connectivity index (χ0) is 31.3. The molecule has 4 heterocycles. The summed E-state index contributed by atoms with van der Waals surface area (Å²) >= 11 is 3.61. The van der Waals surface area contributed by atoms with Crippen molar-refractivity contribution in [2.45, 2.75) is 51.2 Å². The Morgan fingerprint density at radius 2 is 1.89 bits per heavy atom. The van der Waals surface area contributed by atoms with Crippen molar-refractivity contribution < 1.29 is 18.3 Å². The van der Waals surface area contributed by atoms with Gasteiger partial charge < -0.3 is 19.4 Å². The van der Waals surface area contributed by atoms with E-state index in [1.54, 1.807) is 17.1 Å². The van der Waals surface area contributed by atoms with Crippen LogP contribution in [0.1, 0.15) is 56.1 Å². The van der Waals surface area contributed by atoms with Crippen molar-refractivity contribution in [3.63, 3.8) is 0 Å². The van der Waals surface area contributed by atoms with Crippen LogP contribution >= 0.6 is 15.9 Å². The number of nitrogens with zero attached hydrogens (tertiary/aromatic N) is 4. The van der Waals surface area contributed by atoms with Gasteiger partial charge in [-0.05, 0) is 75.6 Å². The van der Waals surface area contributed by atoms with Crippen LogP contribution in [-0.4, -0.2) is 36.6 Å². The lowest BCUT2D eigenvalue weighted by Gasteiger charge is -2.30. The van der Waals surface area contributed by atoms with Crippen molar-refractivity contribution in [1.82, 2.24) is 29.9 Å². The van der Waals surface area contributed by atoms with Crippen molar-refractivity contribution in [3.05, 3.63) is 112 Å². The number of aromatic amines is 2. The van der Waals surface area contributed by atoms with Gasteiger partial charge in [-0.15, -0.1) is 5.10 Å². The first-order valence-corrected chi connectivity index (χ1v) is 15.5. The first-order valence-electron chi connectivity index (χ1n) is 14.7. The van der Waals surface area contributed by atoms with Crippen LogP contribution in [0.15, 0.2) is 77.7 Å². The maximum Gasteiger partial charge on any atom is 0.168 e. The summed E-state index contributed by atoms with van der Waals surface area (Å²) in [4.78, 5) is 11.1. The predicted molar refractivity (Wildman–Crippen MR) is 170 cm³/mol. The minimum Gasteiger partial charge on any atom is -0.454 e. The first kappa shape index (κ1) is 29.4. The third-order valence-corrected chi connectivity index (χ3v) is 9.16. The van der Waals surface area contributed by atoms with Crippen molar-refractivity contribution in [2.24, 2.45) is 0 Å². The number of imidazole rings is 1. The number of aromatic nitrogens is 6. The highest BCUT2D eigenvalue weighted by atomic mass is 79.9. The summed E-state index contributed by atoms with van der Waals surface area (Å²) in [6.45, 7) is 6.71. The zero-order valence-corrected chi connectivity index (χ0v) is 26.6. The summed E-state index contributed by atoms with van der Waals surface area (Å²) in [7, 11) is 0. The molecule has 1 atom stereocenters. The van der Waals surface area contributed by atoms with Gasteiger partial charge in [0.15, 0.2) is 11.6 Å². The van der Waals surface area contributed by atoms with Gasteiger partial charge in [-0.2, -0.15) is 0 Å². The smallest absolute Gasteiger partial charge is 0.168 e. The molecule has 11 heteroatoms. The van der Waals surface area contributed by atoms with Gasteiger partial charge in [-0.25, -0.2) is 18.4 Å². The van der Waals surface area contributed by atoms with E-state index < -0.39 is 22.7 Å². The number of fused-ring (bicyclic) bond motifs is 10. The monoisotopic (exact) mass is 672 g/mol. The Hall–Kier alpha value is -4.35. The standard InChI is InChI=1S/C34H31BrF2N6O2/c1-33(2)30-19-43(42-41-30)18-25-23-10-12-38-28(23)16-27(37)31(25)45-22-8-9-26(36)24(15-22)32-39-17-29(40-32)34(3,11-5-13-44-33)20-6-4-7-21(35)14-20/h4,6-10,12,14-17,19,38H,5,11,13,18H2,1-3H3,(H,39,40). The highest BCUT2D eigenvalue weighted by Gasteiger charge is 2.33. The molecule has 0 saturated carbocycles. The number of H-pyrrole nitrogens is 2. The van der Waals surface area contributed by atoms with Crippen molar-refractivity contribution in [2.75, 3.05) is 6.61 Å². The molecule has 1 aliphatic heterocycles. The Kier molecular flexibility index (Phi) is 7.32. The fraction of sp³-hybridized carbons (Fsp3) is 0.265. The highest BCUT2D eigenvalue weighted by Crippen LogP contribution is 2.40. The van der Waals surface area contributed by atoms with E-state index in [2.05, 4.69) is 60.3 Å². The van der Waals surface area contributed by atoms with E-state index in [9.17, 15) is 0 Å². The second-order valence-electron chi connectivity index (χ2n) is 12.1. The SMILES string of the molecule is CC1(C)OCCCC(C)(c2cccc(Br)c2)c2cnc([nH]2)-c2cc(ccc2F)Oc2c(F)cc3[nH]ccc3c2Cn2cc1nn2. The average Bonchev–Trinajstić information content (AvgIpc) is 3.79. The molecule has 3 aromatic heterocycles. The Labute approximate surface area is 266 Å². The predicted octanol–water partition coefficient (Wildman–Crippen LogP) is 8.38. The van der Waals surface area contributed by atoms with Crippen LogP contribution in [0.25, 0.3) is 22.3 Å². The lowest BCUT2D eigenvalue weighted by atomic mass is 9.76. The molecule has 1 unspecified atom stereocenters. The molecule has 0 saturated heterocycles. The number of halogens is 3. The molecule has 8 nitrogen and oxygen atoms in total. The maximum absolute atomic E-state index is 15.7. The molecule has 3 aromatic carbocycles. The van der Waals surface area contributed by atoms with E-state index in [0.717, 1.165) is 34.0 Å². The third kappa shape index (κ3) is 5.44. The van der Waals surface area contributed by atoms with Gasteiger partial charge >= 0.3 is 0 Å². The van der Waals surface area contributed by atoms with Crippen LogP contribution in [0.5, 0.6) is 11.5 Å². The van der Waals surface area contributed by atoms with Crippen LogP contribution in [0.4, 0.5) is 8.78 Å². The molecule has 0 amide bonds. The molecule has 2 N–H and O–H groups in total. The molecule has 230 valence electrons. The molecule has 0 spiro atoms. The van der Waals surface area contributed by atoms with E-state index in [1.165, 1.54) is 24.3 Å². The van der Waals surface area contributed by atoms with Gasteiger partial charge in [0.2, 0.25) is 0 Å². The summed E-state index contributed by atoms with van der Waals surface area (Å²) in [6.07, 6.45) is 6.76. The number of ether oxygens (including phenoxy) is 2. The number of benzene rings is 3. The molecule has 0 aliphatic carbocycles. The van der Waals surface area contributed by atoms with Gasteiger partial charge in [-0.3, -0.25) is 0 Å². The summed E-state index contributed by atoms with van der Waals surface area (Å²) in [6, 6.07) is 15.7. The molecular formula is C34H31BrF2N6O2. The van der Waals surface area contributed by atoms with Gasteiger partial charge in [-0.1, -0.05) is 33.3 Å². The van der Waals surface area contributed by atoms with Crippen LogP contribution in [-0.2, 0) is 22.3 Å². The molecule has 45 heavy (non-hydrogen) atoms. The highest BCUT2D eigenvalue weighted by molar-refractivity contribution is 9.10. The lowest BCUT2D eigenvalue weighted by molar-refractivity contribution is -0.0276.